The molecule has 0 amide bonds. The number of ether oxygens (including phenoxy) is 1. The summed E-state index contributed by atoms with van der Waals surface area (Å²) in [5.74, 6) is 0.698. The SMILES string of the molecule is COc1cc(Cl)nc2sc3c(=S)n(C4CCCCC4)cnc3c12. The first-order valence-corrected chi connectivity index (χ1v) is 9.33. The summed E-state index contributed by atoms with van der Waals surface area (Å²) in [6.07, 6.45) is 8.10. The van der Waals surface area contributed by atoms with Crippen molar-refractivity contribution >= 4 is 55.6 Å². The van der Waals surface area contributed by atoms with E-state index in [0.29, 0.717) is 16.9 Å². The third kappa shape index (κ3) is 2.53. The highest BCUT2D eigenvalue weighted by atomic mass is 35.5. The molecule has 3 aromatic rings. The number of hydrogen-bond donors (Lipinski definition) is 0. The van der Waals surface area contributed by atoms with Crippen LogP contribution in [0, 0.1) is 4.64 Å². The second-order valence-electron chi connectivity index (χ2n) is 5.86. The van der Waals surface area contributed by atoms with Crippen LogP contribution in [0.1, 0.15) is 38.1 Å². The van der Waals surface area contributed by atoms with Gasteiger partial charge in [0.05, 0.1) is 29.0 Å². The van der Waals surface area contributed by atoms with Gasteiger partial charge in [0, 0.05) is 12.1 Å². The lowest BCUT2D eigenvalue weighted by atomic mass is 9.95. The normalized spacial score (nSPS) is 16.3. The van der Waals surface area contributed by atoms with Crippen LogP contribution < -0.4 is 4.74 Å². The van der Waals surface area contributed by atoms with E-state index in [4.69, 9.17) is 28.6 Å². The molecule has 0 aromatic carbocycles. The summed E-state index contributed by atoms with van der Waals surface area (Å²) in [5, 5.41) is 1.32. The molecule has 0 unspecified atom stereocenters. The topological polar surface area (TPSA) is 39.9 Å². The molecule has 0 radical (unpaired) electrons. The third-order valence-corrected chi connectivity index (χ3v) is 6.31. The molecule has 1 aliphatic carbocycles. The first kappa shape index (κ1) is 15.3. The molecule has 1 fully saturated rings. The van der Waals surface area contributed by atoms with Crippen LogP contribution in [0.4, 0.5) is 0 Å². The Hall–Kier alpha value is -1.24. The van der Waals surface area contributed by atoms with Crippen LogP contribution in [0.25, 0.3) is 20.4 Å². The zero-order chi connectivity index (χ0) is 16.0. The molecule has 23 heavy (non-hydrogen) atoms. The van der Waals surface area contributed by atoms with E-state index in [2.05, 4.69) is 14.5 Å². The zero-order valence-electron chi connectivity index (χ0n) is 12.7. The lowest BCUT2D eigenvalue weighted by Crippen LogP contribution is -2.14. The largest absolute Gasteiger partial charge is 0.496 e. The summed E-state index contributed by atoms with van der Waals surface area (Å²) < 4.78 is 9.48. The molecule has 0 N–H and O–H groups in total. The number of halogens is 1. The van der Waals surface area contributed by atoms with Crippen molar-refractivity contribution in [2.75, 3.05) is 7.11 Å². The van der Waals surface area contributed by atoms with Crippen LogP contribution in [0.15, 0.2) is 12.4 Å². The van der Waals surface area contributed by atoms with Crippen molar-refractivity contribution < 1.29 is 4.74 Å². The molecule has 7 heteroatoms. The van der Waals surface area contributed by atoms with E-state index in [1.807, 2.05) is 6.33 Å². The number of rotatable bonds is 2. The van der Waals surface area contributed by atoms with Gasteiger partial charge >= 0.3 is 0 Å². The van der Waals surface area contributed by atoms with E-state index >= 15 is 0 Å². The molecule has 1 aliphatic rings. The number of pyridine rings is 1. The van der Waals surface area contributed by atoms with Crippen LogP contribution in [0.5, 0.6) is 5.75 Å². The van der Waals surface area contributed by atoms with Gasteiger partial charge < -0.3 is 9.30 Å². The van der Waals surface area contributed by atoms with Gasteiger partial charge in [0.2, 0.25) is 0 Å². The van der Waals surface area contributed by atoms with E-state index in [0.717, 1.165) is 25.1 Å². The van der Waals surface area contributed by atoms with Gasteiger partial charge in [0.15, 0.2) is 0 Å². The van der Waals surface area contributed by atoms with Crippen molar-refractivity contribution in [3.63, 3.8) is 0 Å². The van der Waals surface area contributed by atoms with Crippen molar-refractivity contribution in [3.8, 4) is 5.75 Å². The molecule has 4 rings (SSSR count). The fourth-order valence-corrected chi connectivity index (χ4v) is 5.09. The van der Waals surface area contributed by atoms with Gasteiger partial charge in [-0.2, -0.15) is 0 Å². The molecule has 120 valence electrons. The molecule has 0 bridgehead atoms. The number of nitrogens with zero attached hydrogens (tertiary/aromatic N) is 3. The predicted octanol–water partition coefficient (Wildman–Crippen LogP) is 5.54. The Balaban J connectivity index is 1.97. The van der Waals surface area contributed by atoms with Crippen LogP contribution in [-0.4, -0.2) is 21.6 Å². The summed E-state index contributed by atoms with van der Waals surface area (Å²) in [7, 11) is 1.63. The van der Waals surface area contributed by atoms with E-state index in [1.165, 1.54) is 32.1 Å². The zero-order valence-corrected chi connectivity index (χ0v) is 15.1. The van der Waals surface area contributed by atoms with Crippen LogP contribution in [-0.2, 0) is 0 Å². The average molecular weight is 366 g/mol. The van der Waals surface area contributed by atoms with Gasteiger partial charge in [0.25, 0.3) is 0 Å². The van der Waals surface area contributed by atoms with E-state index in [1.54, 1.807) is 24.5 Å². The minimum atomic E-state index is 0.423. The second-order valence-corrected chi connectivity index (χ2v) is 7.63. The molecule has 4 nitrogen and oxygen atoms in total. The maximum absolute atomic E-state index is 6.09. The Bertz CT molecular complexity index is 944. The predicted molar refractivity (Wildman–Crippen MR) is 97.4 cm³/mol. The van der Waals surface area contributed by atoms with Crippen molar-refractivity contribution in [1.29, 1.82) is 0 Å². The Labute approximate surface area is 148 Å². The van der Waals surface area contributed by atoms with Gasteiger partial charge in [-0.15, -0.1) is 11.3 Å². The van der Waals surface area contributed by atoms with Crippen LogP contribution in [0.2, 0.25) is 5.15 Å². The highest BCUT2D eigenvalue weighted by Gasteiger charge is 2.20. The maximum atomic E-state index is 6.09. The lowest BCUT2D eigenvalue weighted by Gasteiger charge is -2.24. The summed E-state index contributed by atoms with van der Waals surface area (Å²) in [4.78, 5) is 9.92. The number of aromatic nitrogens is 3. The fraction of sp³-hybridized carbons (Fsp3) is 0.438. The highest BCUT2D eigenvalue weighted by Crippen LogP contribution is 2.40. The Kier molecular flexibility index (Phi) is 3.99. The van der Waals surface area contributed by atoms with Crippen molar-refractivity contribution in [1.82, 2.24) is 14.5 Å². The van der Waals surface area contributed by atoms with E-state index in [-0.39, 0.29) is 0 Å². The monoisotopic (exact) mass is 365 g/mol. The smallest absolute Gasteiger partial charge is 0.134 e. The van der Waals surface area contributed by atoms with Gasteiger partial charge in [-0.25, -0.2) is 9.97 Å². The summed E-state index contributed by atoms with van der Waals surface area (Å²) >= 11 is 13.4. The van der Waals surface area contributed by atoms with Gasteiger partial charge in [-0.3, -0.25) is 0 Å². The van der Waals surface area contributed by atoms with Gasteiger partial charge in [-0.05, 0) is 12.8 Å². The molecule has 0 aliphatic heterocycles. The molecule has 3 aromatic heterocycles. The molecule has 0 saturated heterocycles. The van der Waals surface area contributed by atoms with Gasteiger partial charge in [-0.1, -0.05) is 43.1 Å². The summed E-state index contributed by atoms with van der Waals surface area (Å²) in [6, 6.07) is 2.19. The summed E-state index contributed by atoms with van der Waals surface area (Å²) in [6.45, 7) is 0. The quantitative estimate of drug-likeness (QED) is 0.441. The van der Waals surface area contributed by atoms with E-state index in [9.17, 15) is 0 Å². The van der Waals surface area contributed by atoms with Crippen molar-refractivity contribution in [2.24, 2.45) is 0 Å². The molecule has 3 heterocycles. The fourth-order valence-electron chi connectivity index (χ4n) is 3.36. The van der Waals surface area contributed by atoms with Crippen molar-refractivity contribution in [3.05, 3.63) is 22.2 Å². The molecular formula is C16H16ClN3OS2. The Morgan fingerprint density at radius 1 is 1.35 bits per heavy atom. The highest BCUT2D eigenvalue weighted by molar-refractivity contribution is 7.72. The number of fused-ring (bicyclic) bond motifs is 3. The third-order valence-electron chi connectivity index (χ3n) is 4.50. The number of hydrogen-bond acceptors (Lipinski definition) is 5. The number of thiophene rings is 1. The first-order chi connectivity index (χ1) is 11.2. The van der Waals surface area contributed by atoms with E-state index < -0.39 is 0 Å². The summed E-state index contributed by atoms with van der Waals surface area (Å²) in [5.41, 5.74) is 0.864. The standard InChI is InChI=1S/C16H16ClN3OS2/c1-21-10-7-11(17)19-15-12(10)13-14(23-15)16(22)20(8-18-13)9-5-3-2-4-6-9/h7-9H,2-6H2,1H3. The Morgan fingerprint density at radius 3 is 2.87 bits per heavy atom. The first-order valence-electron chi connectivity index (χ1n) is 7.73. The maximum Gasteiger partial charge on any atom is 0.134 e. The molecule has 0 atom stereocenters. The van der Waals surface area contributed by atoms with Crippen molar-refractivity contribution in [2.45, 2.75) is 38.1 Å². The van der Waals surface area contributed by atoms with Crippen LogP contribution in [0.3, 0.4) is 0 Å². The van der Waals surface area contributed by atoms with Crippen LogP contribution >= 0.6 is 35.2 Å². The minimum Gasteiger partial charge on any atom is -0.496 e. The lowest BCUT2D eigenvalue weighted by molar-refractivity contribution is 0.348. The minimum absolute atomic E-state index is 0.423. The molecule has 1 saturated carbocycles. The van der Waals surface area contributed by atoms with Gasteiger partial charge in [0.1, 0.15) is 20.4 Å². The Morgan fingerprint density at radius 2 is 2.13 bits per heavy atom. The molecular weight excluding hydrogens is 350 g/mol. The average Bonchev–Trinajstić information content (AvgIpc) is 2.94. The molecule has 0 spiro atoms. The second kappa shape index (κ2) is 6.00. The number of methoxy groups -OCH3 is 1.